The lowest BCUT2D eigenvalue weighted by atomic mass is 9.83. The van der Waals surface area contributed by atoms with Crippen molar-refractivity contribution in [1.82, 2.24) is 0 Å². The fourth-order valence-corrected chi connectivity index (χ4v) is 4.21. The van der Waals surface area contributed by atoms with Crippen molar-refractivity contribution in [3.05, 3.63) is 64.8 Å². The quantitative estimate of drug-likeness (QED) is 0.445. The van der Waals surface area contributed by atoms with Gasteiger partial charge in [-0.05, 0) is 64.2 Å². The number of fused-ring (bicyclic) bond motifs is 1. The third-order valence-electron chi connectivity index (χ3n) is 5.85. The minimum Gasteiger partial charge on any atom is -0.508 e. The molecule has 0 unspecified atom stereocenters. The molecule has 1 aliphatic heterocycles. The number of aromatic hydroxyl groups is 4. The van der Waals surface area contributed by atoms with Crippen LogP contribution in [-0.4, -0.2) is 26.2 Å². The minimum absolute atomic E-state index is 0.00630. The van der Waals surface area contributed by atoms with Crippen molar-refractivity contribution in [2.45, 2.75) is 52.6 Å². The summed E-state index contributed by atoms with van der Waals surface area (Å²) in [4.78, 5) is 12.7. The van der Waals surface area contributed by atoms with Crippen LogP contribution >= 0.6 is 0 Å². The Labute approximate surface area is 188 Å². The second-order valence-corrected chi connectivity index (χ2v) is 9.04. The molecule has 170 valence electrons. The van der Waals surface area contributed by atoms with Gasteiger partial charge in [-0.2, -0.15) is 0 Å². The first-order valence-corrected chi connectivity index (χ1v) is 10.5. The highest BCUT2D eigenvalue weighted by atomic mass is 16.5. The third kappa shape index (κ3) is 4.59. The van der Waals surface area contributed by atoms with Gasteiger partial charge in [0, 0.05) is 12.1 Å². The average molecular weight is 439 g/mol. The molecule has 6 nitrogen and oxygen atoms in total. The van der Waals surface area contributed by atoms with E-state index in [1.54, 1.807) is 19.1 Å². The van der Waals surface area contributed by atoms with Crippen LogP contribution in [0.2, 0.25) is 0 Å². The standard InChI is InChI=1S/C26H30O6/c1-14(2)6-7-17(15(3)4)8-16-9-20(29)25(21(30)10-16)26(5)13-22(31)24-19(28)11-18(27)12-23(24)32-26/h6,9-12,17,27-30H,3,7-8,13H2,1-2,4-5H3/t17-,26+/m0/s1. The summed E-state index contributed by atoms with van der Waals surface area (Å²) in [6.45, 7) is 11.7. The van der Waals surface area contributed by atoms with Crippen molar-refractivity contribution in [1.29, 1.82) is 0 Å². The number of phenols is 4. The van der Waals surface area contributed by atoms with Gasteiger partial charge in [0.25, 0.3) is 0 Å². The monoisotopic (exact) mass is 438 g/mol. The Balaban J connectivity index is 1.96. The molecule has 2 atom stereocenters. The molecular weight excluding hydrogens is 408 g/mol. The molecule has 1 heterocycles. The van der Waals surface area contributed by atoms with Crippen LogP contribution in [0.3, 0.4) is 0 Å². The topological polar surface area (TPSA) is 107 Å². The van der Waals surface area contributed by atoms with E-state index in [-0.39, 0.29) is 52.2 Å². The number of hydrogen-bond acceptors (Lipinski definition) is 6. The molecule has 0 radical (unpaired) electrons. The third-order valence-corrected chi connectivity index (χ3v) is 5.85. The van der Waals surface area contributed by atoms with Crippen LogP contribution in [0, 0.1) is 5.92 Å². The number of phenolic OH excluding ortho intramolecular Hbond substituents is 4. The van der Waals surface area contributed by atoms with Crippen LogP contribution < -0.4 is 4.74 Å². The molecule has 0 saturated carbocycles. The van der Waals surface area contributed by atoms with Crippen molar-refractivity contribution in [2.24, 2.45) is 5.92 Å². The summed E-state index contributed by atoms with van der Waals surface area (Å²) in [6, 6.07) is 5.44. The predicted molar refractivity (Wildman–Crippen MR) is 123 cm³/mol. The van der Waals surface area contributed by atoms with Gasteiger partial charge in [-0.1, -0.05) is 23.8 Å². The number of ketones is 1. The summed E-state index contributed by atoms with van der Waals surface area (Å²) in [6.07, 6.45) is 3.33. The summed E-state index contributed by atoms with van der Waals surface area (Å²) in [5, 5.41) is 41.5. The minimum atomic E-state index is -1.38. The molecule has 0 bridgehead atoms. The van der Waals surface area contributed by atoms with Gasteiger partial charge in [0.1, 0.15) is 39.9 Å². The van der Waals surface area contributed by atoms with Crippen LogP contribution in [0.5, 0.6) is 28.7 Å². The maximum Gasteiger partial charge on any atom is 0.174 e. The van der Waals surface area contributed by atoms with Crippen LogP contribution in [0.15, 0.2) is 48.1 Å². The SMILES string of the molecule is C=C(C)[C@@H](CC=C(C)C)Cc1cc(O)c([C@@]2(C)CC(=O)c3c(O)cc(O)cc3O2)c(O)c1. The smallest absolute Gasteiger partial charge is 0.174 e. The van der Waals surface area contributed by atoms with E-state index in [0.717, 1.165) is 23.6 Å². The zero-order valence-electron chi connectivity index (χ0n) is 18.9. The Morgan fingerprint density at radius 2 is 1.72 bits per heavy atom. The second-order valence-electron chi connectivity index (χ2n) is 9.04. The molecule has 32 heavy (non-hydrogen) atoms. The largest absolute Gasteiger partial charge is 0.508 e. The highest BCUT2D eigenvalue weighted by Crippen LogP contribution is 2.49. The number of allylic oxidation sites excluding steroid dienone is 3. The summed E-state index contributed by atoms with van der Waals surface area (Å²) < 4.78 is 5.94. The number of carbonyl (C=O) groups excluding carboxylic acids is 1. The van der Waals surface area contributed by atoms with E-state index in [0.29, 0.717) is 6.42 Å². The molecule has 0 spiro atoms. The molecule has 4 N–H and O–H groups in total. The van der Waals surface area contributed by atoms with Gasteiger partial charge in [-0.25, -0.2) is 0 Å². The van der Waals surface area contributed by atoms with E-state index in [2.05, 4.69) is 12.7 Å². The number of rotatable bonds is 6. The van der Waals surface area contributed by atoms with Gasteiger partial charge < -0.3 is 25.2 Å². The Morgan fingerprint density at radius 3 is 2.28 bits per heavy atom. The van der Waals surface area contributed by atoms with E-state index >= 15 is 0 Å². The number of carbonyl (C=O) groups is 1. The normalized spacial score (nSPS) is 18.4. The number of hydrogen-bond donors (Lipinski definition) is 4. The van der Waals surface area contributed by atoms with Crippen LogP contribution in [0.4, 0.5) is 0 Å². The summed E-state index contributed by atoms with van der Waals surface area (Å²) >= 11 is 0. The lowest BCUT2D eigenvalue weighted by Gasteiger charge is -2.36. The first kappa shape index (κ1) is 23.3. The second kappa shape index (κ2) is 8.61. The van der Waals surface area contributed by atoms with Crippen molar-refractivity contribution < 1.29 is 30.0 Å². The highest BCUT2D eigenvalue weighted by Gasteiger charge is 2.43. The molecule has 3 rings (SSSR count). The van der Waals surface area contributed by atoms with E-state index in [1.165, 1.54) is 11.6 Å². The summed E-state index contributed by atoms with van der Waals surface area (Å²) in [7, 11) is 0. The molecule has 0 aliphatic carbocycles. The molecule has 1 aliphatic rings. The average Bonchev–Trinajstić information content (AvgIpc) is 2.62. The van der Waals surface area contributed by atoms with Crippen molar-refractivity contribution >= 4 is 5.78 Å². The van der Waals surface area contributed by atoms with Gasteiger partial charge in [-0.15, -0.1) is 0 Å². The highest BCUT2D eigenvalue weighted by molar-refractivity contribution is 6.03. The van der Waals surface area contributed by atoms with Crippen molar-refractivity contribution in [3.8, 4) is 28.7 Å². The van der Waals surface area contributed by atoms with Gasteiger partial charge >= 0.3 is 0 Å². The van der Waals surface area contributed by atoms with E-state index in [1.807, 2.05) is 20.8 Å². The first-order valence-electron chi connectivity index (χ1n) is 10.5. The van der Waals surface area contributed by atoms with Crippen LogP contribution in [0.25, 0.3) is 0 Å². The van der Waals surface area contributed by atoms with Crippen LogP contribution in [0.1, 0.15) is 62.0 Å². The number of Topliss-reactive ketones (excluding diaryl/α,β-unsaturated/α-hetero) is 1. The molecule has 2 aromatic rings. The summed E-state index contributed by atoms with van der Waals surface area (Å²) in [5.74, 6) is -1.29. The summed E-state index contributed by atoms with van der Waals surface area (Å²) in [5.41, 5.74) is 1.63. The van der Waals surface area contributed by atoms with Gasteiger partial charge in [-0.3, -0.25) is 4.79 Å². The molecule has 0 aromatic heterocycles. The van der Waals surface area contributed by atoms with Crippen molar-refractivity contribution in [3.63, 3.8) is 0 Å². The fraction of sp³-hybridized carbons (Fsp3) is 0.346. The maximum atomic E-state index is 12.7. The lowest BCUT2D eigenvalue weighted by molar-refractivity contribution is 0.0469. The van der Waals surface area contributed by atoms with Crippen LogP contribution in [-0.2, 0) is 12.0 Å². The molecular formula is C26H30O6. The number of benzene rings is 2. The predicted octanol–water partition coefficient (Wildman–Crippen LogP) is 5.48. The molecule has 0 fully saturated rings. The molecule has 0 amide bonds. The fourth-order valence-electron chi connectivity index (χ4n) is 4.21. The Kier molecular flexibility index (Phi) is 6.26. The Bertz CT molecular complexity index is 1090. The number of ether oxygens (including phenoxy) is 1. The van der Waals surface area contributed by atoms with Gasteiger partial charge in [0.15, 0.2) is 5.78 Å². The maximum absolute atomic E-state index is 12.7. The lowest BCUT2D eigenvalue weighted by Crippen LogP contribution is -2.36. The zero-order chi connectivity index (χ0) is 23.8. The van der Waals surface area contributed by atoms with Crippen molar-refractivity contribution in [2.75, 3.05) is 0 Å². The van der Waals surface area contributed by atoms with Gasteiger partial charge in [0.2, 0.25) is 0 Å². The Hall–Kier alpha value is -3.41. The van der Waals surface area contributed by atoms with E-state index in [4.69, 9.17) is 4.74 Å². The van der Waals surface area contributed by atoms with Gasteiger partial charge in [0.05, 0.1) is 12.0 Å². The van der Waals surface area contributed by atoms with E-state index < -0.39 is 11.4 Å². The zero-order valence-corrected chi connectivity index (χ0v) is 18.9. The molecule has 6 heteroatoms. The Morgan fingerprint density at radius 1 is 1.09 bits per heavy atom. The molecule has 0 saturated heterocycles. The van der Waals surface area contributed by atoms with E-state index in [9.17, 15) is 25.2 Å². The first-order chi connectivity index (χ1) is 14.9. The molecule has 2 aromatic carbocycles.